The minimum Gasteiger partial charge on any atom is -0.496 e. The number of ether oxygens (including phenoxy) is 2. The standard InChI is InChI=1S/C20H25NO3/c1-14-11-17-15(12-18(14)23-2)3-4-16(17)19(22)24-13-20-5-8-21(9-6-20)10-7-20/h4,11-12H,3,5-10,13H2,1-2H3. The highest BCUT2D eigenvalue weighted by molar-refractivity contribution is 6.18. The predicted octanol–water partition coefficient (Wildman–Crippen LogP) is 2.97. The zero-order valence-corrected chi connectivity index (χ0v) is 14.6. The molecule has 0 radical (unpaired) electrons. The topological polar surface area (TPSA) is 38.8 Å². The third kappa shape index (κ3) is 2.63. The van der Waals surface area contributed by atoms with Gasteiger partial charge < -0.3 is 14.4 Å². The Morgan fingerprint density at radius 1 is 1.21 bits per heavy atom. The number of allylic oxidation sites excluding steroid dienone is 1. The van der Waals surface area contributed by atoms with E-state index in [1.54, 1.807) is 7.11 Å². The highest BCUT2D eigenvalue weighted by Gasteiger charge is 2.40. The van der Waals surface area contributed by atoms with Crippen molar-refractivity contribution in [2.45, 2.75) is 32.6 Å². The number of methoxy groups -OCH3 is 1. The van der Waals surface area contributed by atoms with Crippen molar-refractivity contribution in [2.75, 3.05) is 33.4 Å². The average molecular weight is 327 g/mol. The van der Waals surface area contributed by atoms with E-state index in [4.69, 9.17) is 9.47 Å². The van der Waals surface area contributed by atoms with Crippen LogP contribution in [0.25, 0.3) is 5.57 Å². The van der Waals surface area contributed by atoms with Crippen molar-refractivity contribution < 1.29 is 14.3 Å². The lowest BCUT2D eigenvalue weighted by atomic mass is 9.73. The zero-order chi connectivity index (χ0) is 16.7. The van der Waals surface area contributed by atoms with E-state index < -0.39 is 0 Å². The van der Waals surface area contributed by atoms with Crippen LogP contribution < -0.4 is 4.74 Å². The van der Waals surface area contributed by atoms with Crippen LogP contribution in [0.2, 0.25) is 0 Å². The van der Waals surface area contributed by atoms with E-state index in [1.807, 2.05) is 25.1 Å². The van der Waals surface area contributed by atoms with Gasteiger partial charge in [-0.05, 0) is 81.1 Å². The summed E-state index contributed by atoms with van der Waals surface area (Å²) in [5.74, 6) is 0.713. The van der Waals surface area contributed by atoms with E-state index in [1.165, 1.54) is 0 Å². The summed E-state index contributed by atoms with van der Waals surface area (Å²) in [6, 6.07) is 4.09. The van der Waals surface area contributed by atoms with Crippen LogP contribution in [0.4, 0.5) is 0 Å². The van der Waals surface area contributed by atoms with Crippen LogP contribution in [0.15, 0.2) is 18.2 Å². The van der Waals surface area contributed by atoms with Gasteiger partial charge in [-0.25, -0.2) is 4.79 Å². The molecule has 4 nitrogen and oxygen atoms in total. The van der Waals surface area contributed by atoms with Crippen molar-refractivity contribution in [1.82, 2.24) is 4.90 Å². The summed E-state index contributed by atoms with van der Waals surface area (Å²) in [4.78, 5) is 15.2. The first-order chi connectivity index (χ1) is 11.6. The minimum atomic E-state index is -0.166. The molecule has 0 aromatic heterocycles. The molecule has 0 atom stereocenters. The molecule has 5 rings (SSSR count). The number of nitrogens with zero attached hydrogens (tertiary/aromatic N) is 1. The second-order valence-electron chi connectivity index (χ2n) is 7.47. The molecule has 1 aromatic rings. The van der Waals surface area contributed by atoms with Gasteiger partial charge in [-0.2, -0.15) is 0 Å². The van der Waals surface area contributed by atoms with Gasteiger partial charge in [-0.15, -0.1) is 0 Å². The van der Waals surface area contributed by atoms with Crippen molar-refractivity contribution in [3.05, 3.63) is 34.9 Å². The SMILES string of the molecule is COc1cc2c(cc1C)C(C(=O)OCC13CCN(CC1)CC3)=CC2. The quantitative estimate of drug-likeness (QED) is 0.797. The van der Waals surface area contributed by atoms with Gasteiger partial charge in [0.05, 0.1) is 19.3 Å². The van der Waals surface area contributed by atoms with Crippen molar-refractivity contribution in [3.63, 3.8) is 0 Å². The Hall–Kier alpha value is -1.81. The minimum absolute atomic E-state index is 0.166. The van der Waals surface area contributed by atoms with E-state index in [9.17, 15) is 4.79 Å². The molecule has 0 amide bonds. The molecule has 3 heterocycles. The van der Waals surface area contributed by atoms with E-state index >= 15 is 0 Å². The van der Waals surface area contributed by atoms with E-state index in [0.29, 0.717) is 6.61 Å². The van der Waals surface area contributed by atoms with Gasteiger partial charge in [0.1, 0.15) is 5.75 Å². The number of carbonyl (C=O) groups is 1. The molecule has 3 saturated heterocycles. The Morgan fingerprint density at radius 3 is 2.58 bits per heavy atom. The Bertz CT molecular complexity index is 685. The third-order valence-corrected chi connectivity index (χ3v) is 6.04. The number of aryl methyl sites for hydroxylation is 1. The highest BCUT2D eigenvalue weighted by atomic mass is 16.5. The fourth-order valence-corrected chi connectivity index (χ4v) is 4.29. The molecular formula is C20H25NO3. The van der Waals surface area contributed by atoms with Gasteiger partial charge >= 0.3 is 5.97 Å². The number of benzene rings is 1. The van der Waals surface area contributed by atoms with Gasteiger partial charge in [0, 0.05) is 5.41 Å². The molecule has 3 aliphatic heterocycles. The van der Waals surface area contributed by atoms with Crippen LogP contribution in [-0.4, -0.2) is 44.2 Å². The predicted molar refractivity (Wildman–Crippen MR) is 93.1 cm³/mol. The monoisotopic (exact) mass is 327 g/mol. The Balaban J connectivity index is 1.46. The lowest BCUT2D eigenvalue weighted by Crippen LogP contribution is -2.50. The number of hydrogen-bond acceptors (Lipinski definition) is 4. The maximum atomic E-state index is 12.7. The summed E-state index contributed by atoms with van der Waals surface area (Å²) in [6.07, 6.45) is 6.24. The normalized spacial score (nSPS) is 27.6. The lowest BCUT2D eigenvalue weighted by Gasteiger charge is -2.47. The molecule has 4 aliphatic rings. The van der Waals surface area contributed by atoms with Crippen LogP contribution >= 0.6 is 0 Å². The molecule has 128 valence electrons. The summed E-state index contributed by atoms with van der Waals surface area (Å²) in [7, 11) is 1.68. The number of piperidine rings is 3. The van der Waals surface area contributed by atoms with Gasteiger partial charge in [-0.1, -0.05) is 6.08 Å². The molecule has 3 fully saturated rings. The lowest BCUT2D eigenvalue weighted by molar-refractivity contribution is -0.143. The molecule has 4 heteroatoms. The summed E-state index contributed by atoms with van der Waals surface area (Å²) >= 11 is 0. The number of rotatable bonds is 4. The maximum Gasteiger partial charge on any atom is 0.338 e. The number of fused-ring (bicyclic) bond motifs is 4. The fourth-order valence-electron chi connectivity index (χ4n) is 4.29. The van der Waals surface area contributed by atoms with Crippen molar-refractivity contribution in [2.24, 2.45) is 5.41 Å². The first-order valence-electron chi connectivity index (χ1n) is 8.88. The molecule has 1 aliphatic carbocycles. The van der Waals surface area contributed by atoms with Crippen molar-refractivity contribution >= 4 is 11.5 Å². The Labute approximate surface area is 143 Å². The van der Waals surface area contributed by atoms with Gasteiger partial charge in [-0.3, -0.25) is 0 Å². The van der Waals surface area contributed by atoms with Gasteiger partial charge in [0.15, 0.2) is 0 Å². The van der Waals surface area contributed by atoms with Crippen molar-refractivity contribution in [1.29, 1.82) is 0 Å². The summed E-state index contributed by atoms with van der Waals surface area (Å²) in [5.41, 5.74) is 4.15. The fraction of sp³-hybridized carbons (Fsp3) is 0.550. The van der Waals surface area contributed by atoms with E-state index in [2.05, 4.69) is 4.90 Å². The van der Waals surface area contributed by atoms with Crippen LogP contribution in [0.1, 0.15) is 36.0 Å². The molecule has 0 spiro atoms. The molecule has 0 unspecified atom stereocenters. The first kappa shape index (κ1) is 15.7. The largest absolute Gasteiger partial charge is 0.496 e. The van der Waals surface area contributed by atoms with Crippen LogP contribution in [0.3, 0.4) is 0 Å². The smallest absolute Gasteiger partial charge is 0.338 e. The van der Waals surface area contributed by atoms with Crippen LogP contribution in [0.5, 0.6) is 5.75 Å². The van der Waals surface area contributed by atoms with Crippen molar-refractivity contribution in [3.8, 4) is 5.75 Å². The second-order valence-corrected chi connectivity index (χ2v) is 7.47. The average Bonchev–Trinajstić information content (AvgIpc) is 3.03. The number of hydrogen-bond donors (Lipinski definition) is 0. The third-order valence-electron chi connectivity index (χ3n) is 6.04. The van der Waals surface area contributed by atoms with E-state index in [0.717, 1.165) is 73.3 Å². The molecule has 24 heavy (non-hydrogen) atoms. The Morgan fingerprint density at radius 2 is 1.92 bits per heavy atom. The summed E-state index contributed by atoms with van der Waals surface area (Å²) in [6.45, 7) is 6.04. The molecule has 2 bridgehead atoms. The van der Waals surface area contributed by atoms with Crippen LogP contribution in [0, 0.1) is 12.3 Å². The maximum absolute atomic E-state index is 12.7. The van der Waals surface area contributed by atoms with Crippen LogP contribution in [-0.2, 0) is 16.0 Å². The number of carbonyl (C=O) groups excluding carboxylic acids is 1. The van der Waals surface area contributed by atoms with Gasteiger partial charge in [0.2, 0.25) is 0 Å². The molecular weight excluding hydrogens is 302 g/mol. The molecule has 1 aromatic carbocycles. The highest BCUT2D eigenvalue weighted by Crippen LogP contribution is 2.41. The molecule has 0 saturated carbocycles. The summed E-state index contributed by atoms with van der Waals surface area (Å²) in [5, 5.41) is 0. The number of esters is 1. The second kappa shape index (κ2) is 5.92. The summed E-state index contributed by atoms with van der Waals surface area (Å²) < 4.78 is 11.2. The zero-order valence-electron chi connectivity index (χ0n) is 14.6. The Kier molecular flexibility index (Phi) is 3.87. The van der Waals surface area contributed by atoms with Gasteiger partial charge in [0.25, 0.3) is 0 Å². The molecule has 0 N–H and O–H groups in total. The first-order valence-corrected chi connectivity index (χ1v) is 8.88. The van der Waals surface area contributed by atoms with E-state index in [-0.39, 0.29) is 11.4 Å².